The van der Waals surface area contributed by atoms with E-state index in [1.165, 1.54) is 60.0 Å². The molecular weight excluding hydrogens is 655 g/mol. The van der Waals surface area contributed by atoms with Gasteiger partial charge in [0, 0.05) is 34.9 Å². The molecule has 250 valence electrons. The fraction of sp³-hybridized carbons (Fsp3) is 0. The van der Waals surface area contributed by atoms with Crippen molar-refractivity contribution in [3.8, 4) is 27.9 Å². The SMILES string of the molecule is C1=[N+]=C(c2ccc3c(-c4ccccc4)c4ccccc4c(-c4ccc5ccccc5c4)c3c2)C=C1c1ccc2c(c1)c1cnccc1n2-c1ccccc1. The molecule has 0 spiro atoms. The molecule has 3 nitrogen and oxygen atoms in total. The summed E-state index contributed by atoms with van der Waals surface area (Å²) in [6.45, 7) is 0. The first-order valence-electron chi connectivity index (χ1n) is 18.4. The van der Waals surface area contributed by atoms with E-state index in [-0.39, 0.29) is 0 Å². The minimum atomic E-state index is 0.958. The molecule has 11 rings (SSSR count). The number of benzene rings is 8. The Morgan fingerprint density at radius 2 is 1.07 bits per heavy atom. The Morgan fingerprint density at radius 3 is 1.91 bits per heavy atom. The van der Waals surface area contributed by atoms with E-state index in [1.54, 1.807) is 0 Å². The molecule has 2 aromatic heterocycles. The van der Waals surface area contributed by atoms with Crippen LogP contribution >= 0.6 is 0 Å². The van der Waals surface area contributed by atoms with Crippen molar-refractivity contribution in [1.29, 1.82) is 0 Å². The Hall–Kier alpha value is -7.32. The topological polar surface area (TPSA) is 31.9 Å². The predicted molar refractivity (Wildman–Crippen MR) is 229 cm³/mol. The first-order valence-corrected chi connectivity index (χ1v) is 18.4. The van der Waals surface area contributed by atoms with Crippen LogP contribution in [0.25, 0.3) is 87.6 Å². The lowest BCUT2D eigenvalue weighted by Gasteiger charge is -2.18. The number of fused-ring (bicyclic) bond motifs is 6. The molecule has 0 radical (unpaired) electrons. The average molecular weight is 687 g/mol. The molecule has 3 heterocycles. The third kappa shape index (κ3) is 4.77. The van der Waals surface area contributed by atoms with E-state index in [2.05, 4.69) is 185 Å². The maximum atomic E-state index is 5.03. The molecule has 54 heavy (non-hydrogen) atoms. The molecule has 0 unspecified atom stereocenters. The fourth-order valence-corrected chi connectivity index (χ4v) is 8.49. The lowest BCUT2D eigenvalue weighted by Crippen LogP contribution is -1.99. The summed E-state index contributed by atoms with van der Waals surface area (Å²) in [4.78, 5) is 4.50. The van der Waals surface area contributed by atoms with Crippen LogP contribution in [0.15, 0.2) is 188 Å². The van der Waals surface area contributed by atoms with Gasteiger partial charge in [-0.3, -0.25) is 4.98 Å². The van der Waals surface area contributed by atoms with E-state index in [0.29, 0.717) is 0 Å². The highest BCUT2D eigenvalue weighted by Crippen LogP contribution is 2.44. The van der Waals surface area contributed by atoms with Crippen LogP contribution < -0.4 is 4.67 Å². The van der Waals surface area contributed by atoms with Gasteiger partial charge in [0.2, 0.25) is 0 Å². The largest absolute Gasteiger partial charge is 0.335 e. The van der Waals surface area contributed by atoms with Gasteiger partial charge >= 0.3 is 11.9 Å². The monoisotopic (exact) mass is 686 g/mol. The van der Waals surface area contributed by atoms with Crippen LogP contribution in [-0.2, 0) is 0 Å². The summed E-state index contributed by atoms with van der Waals surface area (Å²) >= 11 is 0. The molecule has 0 saturated heterocycles. The van der Waals surface area contributed by atoms with Crippen LogP contribution in [0.3, 0.4) is 0 Å². The van der Waals surface area contributed by atoms with Crippen molar-refractivity contribution in [3.05, 3.63) is 199 Å². The number of nitrogens with zero attached hydrogens (tertiary/aromatic N) is 3. The van der Waals surface area contributed by atoms with E-state index >= 15 is 0 Å². The molecule has 1 aliphatic heterocycles. The van der Waals surface area contributed by atoms with Crippen LogP contribution in [0.1, 0.15) is 11.1 Å². The van der Waals surface area contributed by atoms with Gasteiger partial charge in [0.05, 0.1) is 22.2 Å². The third-order valence-electron chi connectivity index (χ3n) is 11.0. The smallest absolute Gasteiger partial charge is 0.309 e. The van der Waals surface area contributed by atoms with Crippen molar-refractivity contribution in [2.75, 3.05) is 0 Å². The average Bonchev–Trinajstić information content (AvgIpc) is 3.87. The lowest BCUT2D eigenvalue weighted by molar-refractivity contribution is 1.17. The summed E-state index contributed by atoms with van der Waals surface area (Å²) < 4.78 is 7.35. The van der Waals surface area contributed by atoms with Crippen LogP contribution in [0.4, 0.5) is 0 Å². The molecule has 0 saturated carbocycles. The fourth-order valence-electron chi connectivity index (χ4n) is 8.49. The Morgan fingerprint density at radius 1 is 0.426 bits per heavy atom. The van der Waals surface area contributed by atoms with Gasteiger partial charge in [-0.05, 0) is 109 Å². The zero-order valence-electron chi connectivity index (χ0n) is 29.3. The number of hydrogen-bond donors (Lipinski definition) is 0. The van der Waals surface area contributed by atoms with E-state index in [1.807, 2.05) is 18.6 Å². The van der Waals surface area contributed by atoms with E-state index in [4.69, 9.17) is 4.67 Å². The number of rotatable bonds is 5. The standard InChI is InChI=1S/C51H32N3/c1-3-12-34(13-4-1)50-41-17-9-10-18-42(41)51(38-20-19-33-11-7-8-14-35(33)27-38)45-29-37(21-23-43(45)50)47-30-39(31-53-47)36-22-24-48-44(28-36)46-32-52-26-25-49(46)54(48)40-15-5-2-6-16-40/h1-32H/q+1. The molecule has 1 aliphatic rings. The minimum absolute atomic E-state index is 0.958. The van der Waals surface area contributed by atoms with Gasteiger partial charge in [0.15, 0.2) is 0 Å². The highest BCUT2D eigenvalue weighted by Gasteiger charge is 2.24. The van der Waals surface area contributed by atoms with Crippen LogP contribution in [0.2, 0.25) is 0 Å². The van der Waals surface area contributed by atoms with E-state index in [9.17, 15) is 0 Å². The summed E-state index contributed by atoms with van der Waals surface area (Å²) in [6.07, 6.45) is 8.09. The van der Waals surface area contributed by atoms with Gasteiger partial charge in [-0.2, -0.15) is 0 Å². The zero-order valence-corrected chi connectivity index (χ0v) is 29.3. The van der Waals surface area contributed by atoms with Crippen molar-refractivity contribution in [2.45, 2.75) is 0 Å². The van der Waals surface area contributed by atoms with Gasteiger partial charge in [-0.1, -0.05) is 126 Å². The third-order valence-corrected chi connectivity index (χ3v) is 11.0. The summed E-state index contributed by atoms with van der Waals surface area (Å²) in [5.41, 5.74) is 12.6. The van der Waals surface area contributed by atoms with Gasteiger partial charge in [0.25, 0.3) is 0 Å². The second kappa shape index (κ2) is 12.1. The van der Waals surface area contributed by atoms with Gasteiger partial charge in [-0.15, -0.1) is 0 Å². The quantitative estimate of drug-likeness (QED) is 0.131. The Kier molecular flexibility index (Phi) is 6.81. The molecular formula is C51H32N3+. The Labute approximate surface area is 312 Å². The van der Waals surface area contributed by atoms with Crippen molar-refractivity contribution in [1.82, 2.24) is 14.2 Å². The van der Waals surface area contributed by atoms with E-state index < -0.39 is 0 Å². The highest BCUT2D eigenvalue weighted by atomic mass is 15.0. The first kappa shape index (κ1) is 30.3. The van der Waals surface area contributed by atoms with Crippen LogP contribution in [0.5, 0.6) is 0 Å². The first-order chi connectivity index (χ1) is 26.8. The van der Waals surface area contributed by atoms with Crippen LogP contribution in [-0.4, -0.2) is 21.5 Å². The summed E-state index contributed by atoms with van der Waals surface area (Å²) in [6, 6.07) is 61.4. The number of para-hydroxylation sites is 1. The van der Waals surface area contributed by atoms with Crippen molar-refractivity contribution in [2.24, 2.45) is 0 Å². The highest BCUT2D eigenvalue weighted by molar-refractivity contribution is 6.29. The second-order valence-electron chi connectivity index (χ2n) is 14.0. The van der Waals surface area contributed by atoms with Crippen molar-refractivity contribution < 1.29 is 0 Å². The van der Waals surface area contributed by atoms with Gasteiger partial charge in [0.1, 0.15) is 0 Å². The maximum Gasteiger partial charge on any atom is 0.335 e. The number of pyridine rings is 1. The molecule has 0 bridgehead atoms. The summed E-state index contributed by atoms with van der Waals surface area (Å²) in [7, 11) is 0. The van der Waals surface area contributed by atoms with Crippen LogP contribution in [0, 0.1) is 0 Å². The minimum Gasteiger partial charge on any atom is -0.309 e. The lowest BCUT2D eigenvalue weighted by atomic mass is 9.84. The zero-order chi connectivity index (χ0) is 35.6. The Balaban J connectivity index is 1.08. The molecule has 0 atom stereocenters. The molecule has 0 amide bonds. The number of allylic oxidation sites excluding steroid dienone is 2. The Bertz CT molecular complexity index is 3230. The maximum absolute atomic E-state index is 5.03. The van der Waals surface area contributed by atoms with E-state index in [0.717, 1.165) is 44.5 Å². The molecule has 0 fully saturated rings. The normalized spacial score (nSPS) is 12.7. The summed E-state index contributed by atoms with van der Waals surface area (Å²) in [5, 5.41) is 9.72. The molecule has 3 heteroatoms. The molecule has 8 aromatic carbocycles. The molecule has 10 aromatic rings. The number of hydrogen-bond acceptors (Lipinski definition) is 1. The van der Waals surface area contributed by atoms with Gasteiger partial charge in [-0.25, -0.2) is 0 Å². The predicted octanol–water partition coefficient (Wildman–Crippen LogP) is 12.0. The van der Waals surface area contributed by atoms with Crippen molar-refractivity contribution in [3.63, 3.8) is 0 Å². The number of aromatic nitrogens is 2. The molecule has 0 aliphatic carbocycles. The van der Waals surface area contributed by atoms with Gasteiger partial charge < -0.3 is 4.57 Å². The summed E-state index contributed by atoms with van der Waals surface area (Å²) in [5.74, 6) is 0. The second-order valence-corrected chi connectivity index (χ2v) is 14.0. The molecule has 0 N–H and O–H groups in total. The van der Waals surface area contributed by atoms with Crippen molar-refractivity contribution >= 4 is 71.6 Å².